The lowest BCUT2D eigenvalue weighted by atomic mass is 10.1. The first kappa shape index (κ1) is 17.3. The van der Waals surface area contributed by atoms with Gasteiger partial charge in [-0.05, 0) is 58.0 Å². The Morgan fingerprint density at radius 2 is 1.96 bits per heavy atom. The standard InChI is InChI=1S/C18H22F2N2O/c1-13(20)6-7-16(11-19)22-14(2)10-17(15(22)3)18(23)12-21-8-4-5-9-21/h6-7,10-11H,1,4-5,8-9,12H2,2-3H3. The number of likely N-dealkylation sites (tertiary alicyclic amines) is 1. The molecular weight excluding hydrogens is 298 g/mol. The molecule has 0 N–H and O–H groups in total. The van der Waals surface area contributed by atoms with E-state index in [-0.39, 0.29) is 11.5 Å². The topological polar surface area (TPSA) is 25.2 Å². The molecule has 2 heterocycles. The number of carbonyl (C=O) groups is 1. The van der Waals surface area contributed by atoms with Gasteiger partial charge in [-0.25, -0.2) is 8.78 Å². The van der Waals surface area contributed by atoms with Crippen LogP contribution in [0.1, 0.15) is 34.6 Å². The molecule has 1 aliphatic heterocycles. The Hall–Kier alpha value is -2.01. The highest BCUT2D eigenvalue weighted by Gasteiger charge is 2.21. The lowest BCUT2D eigenvalue weighted by molar-refractivity contribution is 0.0944. The lowest BCUT2D eigenvalue weighted by Crippen LogP contribution is -2.27. The fourth-order valence-corrected chi connectivity index (χ4v) is 3.01. The molecule has 23 heavy (non-hydrogen) atoms. The average Bonchev–Trinajstić information content (AvgIpc) is 3.09. The van der Waals surface area contributed by atoms with Crippen molar-refractivity contribution >= 4 is 11.5 Å². The van der Waals surface area contributed by atoms with E-state index in [1.165, 1.54) is 6.08 Å². The zero-order chi connectivity index (χ0) is 17.0. The van der Waals surface area contributed by atoms with Crippen LogP contribution < -0.4 is 0 Å². The summed E-state index contributed by atoms with van der Waals surface area (Å²) in [6.07, 6.45) is 5.04. The first-order valence-corrected chi connectivity index (χ1v) is 7.71. The Labute approximate surface area is 135 Å². The van der Waals surface area contributed by atoms with Crippen molar-refractivity contribution in [2.45, 2.75) is 26.7 Å². The summed E-state index contributed by atoms with van der Waals surface area (Å²) >= 11 is 0. The number of hydrogen-bond donors (Lipinski definition) is 0. The van der Waals surface area contributed by atoms with Gasteiger partial charge < -0.3 is 4.57 Å². The first-order valence-electron chi connectivity index (χ1n) is 7.71. The molecule has 0 radical (unpaired) electrons. The number of nitrogens with zero attached hydrogens (tertiary/aromatic N) is 2. The van der Waals surface area contributed by atoms with Crippen molar-refractivity contribution in [2.24, 2.45) is 0 Å². The molecule has 124 valence electrons. The van der Waals surface area contributed by atoms with E-state index >= 15 is 0 Å². The second kappa shape index (κ2) is 7.51. The number of carbonyl (C=O) groups excluding carboxylic acids is 1. The molecule has 0 amide bonds. The van der Waals surface area contributed by atoms with Crippen LogP contribution in [-0.4, -0.2) is 34.9 Å². The molecule has 3 nitrogen and oxygen atoms in total. The Balaban J connectivity index is 2.27. The number of aryl methyl sites for hydroxylation is 1. The number of hydrogen-bond acceptors (Lipinski definition) is 2. The molecule has 1 fully saturated rings. The fourth-order valence-electron chi connectivity index (χ4n) is 3.01. The third-order valence-corrected chi connectivity index (χ3v) is 4.10. The number of rotatable bonds is 6. The zero-order valence-corrected chi connectivity index (χ0v) is 13.6. The molecule has 1 aromatic heterocycles. The minimum Gasteiger partial charge on any atom is -0.316 e. The van der Waals surface area contributed by atoms with Crippen LogP contribution in [0.25, 0.3) is 5.70 Å². The van der Waals surface area contributed by atoms with Gasteiger partial charge in [0.15, 0.2) is 5.78 Å². The maximum Gasteiger partial charge on any atom is 0.178 e. The van der Waals surface area contributed by atoms with Crippen LogP contribution in [0.4, 0.5) is 8.78 Å². The van der Waals surface area contributed by atoms with E-state index in [9.17, 15) is 13.6 Å². The molecule has 0 saturated carbocycles. The molecule has 1 aliphatic rings. The third kappa shape index (κ3) is 4.05. The van der Waals surface area contributed by atoms with Crippen molar-refractivity contribution in [3.05, 3.63) is 53.9 Å². The fraction of sp³-hybridized carbons (Fsp3) is 0.389. The highest BCUT2D eigenvalue weighted by Crippen LogP contribution is 2.23. The SMILES string of the molecule is C=C(F)C=CC(=CF)n1c(C)cc(C(=O)CN2CCCC2)c1C. The number of halogens is 2. The van der Waals surface area contributed by atoms with E-state index in [4.69, 9.17) is 0 Å². The van der Waals surface area contributed by atoms with Crippen LogP contribution in [-0.2, 0) is 0 Å². The Bertz CT molecular complexity index is 665. The second-order valence-electron chi connectivity index (χ2n) is 5.84. The van der Waals surface area contributed by atoms with Gasteiger partial charge in [-0.3, -0.25) is 9.69 Å². The van der Waals surface area contributed by atoms with Gasteiger partial charge in [-0.1, -0.05) is 6.58 Å². The van der Waals surface area contributed by atoms with Gasteiger partial charge in [0.25, 0.3) is 0 Å². The maximum atomic E-state index is 13.2. The minimum atomic E-state index is -0.655. The van der Waals surface area contributed by atoms with Crippen LogP contribution in [0.15, 0.2) is 37.0 Å². The van der Waals surface area contributed by atoms with Crippen LogP contribution in [0.3, 0.4) is 0 Å². The van der Waals surface area contributed by atoms with Gasteiger partial charge in [0.1, 0.15) is 12.2 Å². The molecule has 0 bridgehead atoms. The van der Waals surface area contributed by atoms with E-state index in [0.717, 1.165) is 37.7 Å². The zero-order valence-electron chi connectivity index (χ0n) is 13.6. The van der Waals surface area contributed by atoms with Gasteiger partial charge >= 0.3 is 0 Å². The molecule has 0 spiro atoms. The highest BCUT2D eigenvalue weighted by molar-refractivity contribution is 5.99. The third-order valence-electron chi connectivity index (χ3n) is 4.10. The van der Waals surface area contributed by atoms with Crippen LogP contribution >= 0.6 is 0 Å². The number of aromatic nitrogens is 1. The van der Waals surface area contributed by atoms with Crippen LogP contribution in [0, 0.1) is 13.8 Å². The lowest BCUT2D eigenvalue weighted by Gasteiger charge is -2.13. The van der Waals surface area contributed by atoms with Gasteiger partial charge in [0.05, 0.1) is 12.2 Å². The number of Topliss-reactive ketones (excluding diaryl/α,β-unsaturated/α-hetero) is 1. The second-order valence-corrected chi connectivity index (χ2v) is 5.84. The minimum absolute atomic E-state index is 0.0309. The molecule has 1 aromatic rings. The molecule has 5 heteroatoms. The van der Waals surface area contributed by atoms with Gasteiger partial charge in [-0.15, -0.1) is 0 Å². The van der Waals surface area contributed by atoms with Crippen molar-refractivity contribution in [1.82, 2.24) is 9.47 Å². The Morgan fingerprint density at radius 1 is 1.30 bits per heavy atom. The average molecular weight is 320 g/mol. The van der Waals surface area contributed by atoms with Gasteiger partial charge in [0.2, 0.25) is 0 Å². The van der Waals surface area contributed by atoms with E-state index in [1.807, 2.05) is 0 Å². The Morgan fingerprint density at radius 3 is 2.52 bits per heavy atom. The number of ketones is 1. The maximum absolute atomic E-state index is 13.2. The van der Waals surface area contributed by atoms with Crippen molar-refractivity contribution in [1.29, 1.82) is 0 Å². The van der Waals surface area contributed by atoms with Gasteiger partial charge in [-0.2, -0.15) is 0 Å². The van der Waals surface area contributed by atoms with E-state index in [0.29, 0.717) is 24.1 Å². The van der Waals surface area contributed by atoms with Crippen LogP contribution in [0.5, 0.6) is 0 Å². The largest absolute Gasteiger partial charge is 0.316 e. The summed E-state index contributed by atoms with van der Waals surface area (Å²) in [4.78, 5) is 14.6. The van der Waals surface area contributed by atoms with Crippen molar-refractivity contribution in [3.8, 4) is 0 Å². The summed E-state index contributed by atoms with van der Waals surface area (Å²) < 4.78 is 27.6. The molecule has 0 atom stereocenters. The Kier molecular flexibility index (Phi) is 5.66. The molecule has 1 saturated heterocycles. The van der Waals surface area contributed by atoms with Crippen LogP contribution in [0.2, 0.25) is 0 Å². The summed E-state index contributed by atoms with van der Waals surface area (Å²) in [6.45, 7) is 8.96. The molecular formula is C18H22F2N2O. The molecule has 0 unspecified atom stereocenters. The van der Waals surface area contributed by atoms with E-state index in [1.54, 1.807) is 24.5 Å². The quantitative estimate of drug-likeness (QED) is 0.580. The summed E-state index contributed by atoms with van der Waals surface area (Å²) in [6, 6.07) is 1.76. The van der Waals surface area contributed by atoms with Crippen molar-refractivity contribution in [2.75, 3.05) is 19.6 Å². The smallest absolute Gasteiger partial charge is 0.178 e. The summed E-state index contributed by atoms with van der Waals surface area (Å²) in [7, 11) is 0. The van der Waals surface area contributed by atoms with Crippen molar-refractivity contribution in [3.63, 3.8) is 0 Å². The summed E-state index contributed by atoms with van der Waals surface area (Å²) in [5.41, 5.74) is 2.13. The predicted molar refractivity (Wildman–Crippen MR) is 88.7 cm³/mol. The molecule has 0 aromatic carbocycles. The van der Waals surface area contributed by atoms with Gasteiger partial charge in [0, 0.05) is 17.0 Å². The summed E-state index contributed by atoms with van der Waals surface area (Å²) in [5.74, 6) is -0.625. The molecule has 2 rings (SSSR count). The number of allylic oxidation sites excluding steroid dienone is 4. The first-order chi connectivity index (χ1) is 10.9. The van der Waals surface area contributed by atoms with Crippen molar-refractivity contribution < 1.29 is 13.6 Å². The summed E-state index contributed by atoms with van der Waals surface area (Å²) in [5, 5.41) is 0. The normalized spacial score (nSPS) is 16.4. The highest BCUT2D eigenvalue weighted by atomic mass is 19.1. The monoisotopic (exact) mass is 320 g/mol. The molecule has 0 aliphatic carbocycles. The van der Waals surface area contributed by atoms with E-state index in [2.05, 4.69) is 11.5 Å². The van der Waals surface area contributed by atoms with E-state index < -0.39 is 5.83 Å². The predicted octanol–water partition coefficient (Wildman–Crippen LogP) is 4.19.